The van der Waals surface area contributed by atoms with Crippen molar-refractivity contribution < 1.29 is 9.32 Å². The molecule has 0 spiro atoms. The van der Waals surface area contributed by atoms with Gasteiger partial charge in [-0.3, -0.25) is 14.2 Å². The molecule has 0 bridgehead atoms. The molecule has 3 heterocycles. The SMILES string of the molecule is CCn1c(=O)c(-c2noc(C(=O)NCCCN3CCN(C)CC3)n2)nn(-c2ccccc2)c1=O. The molecular formula is C22H28N8O4. The molecule has 34 heavy (non-hydrogen) atoms. The maximum Gasteiger partial charge on any atom is 0.352 e. The molecule has 1 fully saturated rings. The van der Waals surface area contributed by atoms with E-state index >= 15 is 0 Å². The standard InChI is InChI=1S/C22H28N8O4/c1-3-29-21(32)17(25-30(22(29)33)16-8-5-4-6-9-16)18-24-20(34-26-18)19(31)23-10-7-11-28-14-12-27(2)13-15-28/h4-6,8-9H,3,7,10-15H2,1-2H3,(H,23,31). The number of amides is 1. The highest BCUT2D eigenvalue weighted by Crippen LogP contribution is 2.10. The zero-order valence-electron chi connectivity index (χ0n) is 19.3. The van der Waals surface area contributed by atoms with Crippen molar-refractivity contribution >= 4 is 5.91 Å². The summed E-state index contributed by atoms with van der Waals surface area (Å²) in [4.78, 5) is 46.7. The molecule has 0 radical (unpaired) electrons. The number of piperazine rings is 1. The molecule has 12 heteroatoms. The van der Waals surface area contributed by atoms with E-state index in [9.17, 15) is 14.4 Å². The van der Waals surface area contributed by atoms with Gasteiger partial charge in [-0.1, -0.05) is 23.4 Å². The van der Waals surface area contributed by atoms with Gasteiger partial charge in [-0.15, -0.1) is 0 Å². The highest BCUT2D eigenvalue weighted by atomic mass is 16.5. The molecule has 1 aromatic carbocycles. The number of para-hydroxylation sites is 1. The maximum absolute atomic E-state index is 12.8. The van der Waals surface area contributed by atoms with E-state index in [1.807, 2.05) is 0 Å². The molecule has 1 N–H and O–H groups in total. The van der Waals surface area contributed by atoms with Crippen LogP contribution in [0.3, 0.4) is 0 Å². The monoisotopic (exact) mass is 468 g/mol. The quantitative estimate of drug-likeness (QED) is 0.448. The summed E-state index contributed by atoms with van der Waals surface area (Å²) in [5.74, 6) is -0.944. The van der Waals surface area contributed by atoms with Crippen molar-refractivity contribution in [2.24, 2.45) is 0 Å². The van der Waals surface area contributed by atoms with Crippen LogP contribution >= 0.6 is 0 Å². The van der Waals surface area contributed by atoms with Gasteiger partial charge in [0.25, 0.3) is 5.56 Å². The molecular weight excluding hydrogens is 440 g/mol. The van der Waals surface area contributed by atoms with E-state index < -0.39 is 17.2 Å². The molecule has 1 amide bonds. The Balaban J connectivity index is 1.46. The lowest BCUT2D eigenvalue weighted by Crippen LogP contribution is -2.45. The molecule has 1 aliphatic rings. The largest absolute Gasteiger partial charge is 0.352 e. The Morgan fingerprint density at radius 1 is 1.12 bits per heavy atom. The molecule has 2 aromatic heterocycles. The molecule has 1 aliphatic heterocycles. The maximum atomic E-state index is 12.8. The average Bonchev–Trinajstić information content (AvgIpc) is 3.34. The summed E-state index contributed by atoms with van der Waals surface area (Å²) in [7, 11) is 2.11. The van der Waals surface area contributed by atoms with Crippen molar-refractivity contribution in [2.45, 2.75) is 19.9 Å². The number of hydrogen-bond donors (Lipinski definition) is 1. The van der Waals surface area contributed by atoms with Gasteiger partial charge in [0, 0.05) is 39.3 Å². The predicted molar refractivity (Wildman–Crippen MR) is 124 cm³/mol. The number of benzene rings is 1. The highest BCUT2D eigenvalue weighted by Gasteiger charge is 2.22. The minimum atomic E-state index is -0.653. The minimum Gasteiger partial charge on any atom is -0.348 e. The van der Waals surface area contributed by atoms with Gasteiger partial charge in [-0.25, -0.2) is 4.79 Å². The fourth-order valence-corrected chi connectivity index (χ4v) is 3.73. The normalized spacial score (nSPS) is 14.9. The Morgan fingerprint density at radius 3 is 2.56 bits per heavy atom. The van der Waals surface area contributed by atoms with Crippen LogP contribution in [0.15, 0.2) is 44.4 Å². The Morgan fingerprint density at radius 2 is 1.85 bits per heavy atom. The summed E-state index contributed by atoms with van der Waals surface area (Å²) < 4.78 is 7.22. The molecule has 0 aliphatic carbocycles. The van der Waals surface area contributed by atoms with Gasteiger partial charge < -0.3 is 19.6 Å². The second-order valence-electron chi connectivity index (χ2n) is 8.11. The Kier molecular flexibility index (Phi) is 7.28. The van der Waals surface area contributed by atoms with Gasteiger partial charge in [-0.05, 0) is 39.1 Å². The number of hydrogen-bond acceptors (Lipinski definition) is 9. The van der Waals surface area contributed by atoms with Gasteiger partial charge >= 0.3 is 17.5 Å². The van der Waals surface area contributed by atoms with Crippen molar-refractivity contribution in [3.05, 3.63) is 57.1 Å². The molecule has 1 saturated heterocycles. The van der Waals surface area contributed by atoms with Gasteiger partial charge in [0.1, 0.15) is 0 Å². The number of aromatic nitrogens is 5. The summed E-state index contributed by atoms with van der Waals surface area (Å²) in [6.45, 7) is 7.30. The van der Waals surface area contributed by atoms with Crippen molar-refractivity contribution in [1.29, 1.82) is 0 Å². The lowest BCUT2D eigenvalue weighted by atomic mass is 10.3. The van der Waals surface area contributed by atoms with E-state index in [0.29, 0.717) is 12.2 Å². The predicted octanol–water partition coefficient (Wildman–Crippen LogP) is -0.169. The van der Waals surface area contributed by atoms with E-state index in [-0.39, 0.29) is 24.0 Å². The number of nitrogens with one attached hydrogen (secondary N) is 1. The summed E-state index contributed by atoms with van der Waals surface area (Å²) in [6, 6.07) is 8.70. The van der Waals surface area contributed by atoms with Crippen LogP contribution in [0.5, 0.6) is 0 Å². The molecule has 0 saturated carbocycles. The molecule has 0 unspecified atom stereocenters. The van der Waals surface area contributed by atoms with Crippen LogP contribution in [-0.4, -0.2) is 86.5 Å². The Labute approximate surface area is 195 Å². The number of carbonyl (C=O) groups is 1. The summed E-state index contributed by atoms with van der Waals surface area (Å²) in [5.41, 5.74) is -0.926. The zero-order chi connectivity index (χ0) is 24.1. The van der Waals surface area contributed by atoms with Crippen LogP contribution in [0.1, 0.15) is 24.0 Å². The lowest BCUT2D eigenvalue weighted by Gasteiger charge is -2.32. The van der Waals surface area contributed by atoms with Crippen LogP contribution < -0.4 is 16.6 Å². The van der Waals surface area contributed by atoms with E-state index in [1.54, 1.807) is 37.3 Å². The van der Waals surface area contributed by atoms with Gasteiger partial charge in [0.05, 0.1) is 5.69 Å². The van der Waals surface area contributed by atoms with E-state index in [1.165, 1.54) is 0 Å². The molecule has 12 nitrogen and oxygen atoms in total. The molecule has 3 aromatic rings. The Bertz CT molecular complexity index is 1240. The third kappa shape index (κ3) is 5.13. The summed E-state index contributed by atoms with van der Waals surface area (Å²) in [5, 5.41) is 10.7. The summed E-state index contributed by atoms with van der Waals surface area (Å²) >= 11 is 0. The van der Waals surface area contributed by atoms with E-state index in [0.717, 1.165) is 48.4 Å². The first-order chi connectivity index (χ1) is 16.5. The van der Waals surface area contributed by atoms with Gasteiger partial charge in [0.15, 0.2) is 5.69 Å². The first-order valence-electron chi connectivity index (χ1n) is 11.3. The lowest BCUT2D eigenvalue weighted by molar-refractivity contribution is 0.0906. The highest BCUT2D eigenvalue weighted by molar-refractivity contribution is 5.89. The molecule has 4 rings (SSSR count). The number of likely N-dealkylation sites (N-methyl/N-ethyl adjacent to an activating group) is 1. The second kappa shape index (κ2) is 10.5. The van der Waals surface area contributed by atoms with Crippen LogP contribution in [0.4, 0.5) is 0 Å². The van der Waals surface area contributed by atoms with Crippen molar-refractivity contribution in [3.8, 4) is 17.2 Å². The van der Waals surface area contributed by atoms with E-state index in [4.69, 9.17) is 4.52 Å². The fourth-order valence-electron chi connectivity index (χ4n) is 3.73. The van der Waals surface area contributed by atoms with Crippen LogP contribution in [0, 0.1) is 0 Å². The first-order valence-corrected chi connectivity index (χ1v) is 11.3. The minimum absolute atomic E-state index is 0.137. The smallest absolute Gasteiger partial charge is 0.348 e. The third-order valence-electron chi connectivity index (χ3n) is 5.74. The summed E-state index contributed by atoms with van der Waals surface area (Å²) in [6.07, 6.45) is 0.793. The van der Waals surface area contributed by atoms with Crippen molar-refractivity contribution in [2.75, 3.05) is 46.3 Å². The van der Waals surface area contributed by atoms with Crippen LogP contribution in [0.25, 0.3) is 17.2 Å². The third-order valence-corrected chi connectivity index (χ3v) is 5.74. The number of rotatable bonds is 8. The average molecular weight is 469 g/mol. The Hall–Kier alpha value is -3.64. The number of nitrogens with zero attached hydrogens (tertiary/aromatic N) is 7. The molecule has 0 atom stereocenters. The first kappa shape index (κ1) is 23.5. The number of carbonyl (C=O) groups excluding carboxylic acids is 1. The van der Waals surface area contributed by atoms with Crippen LogP contribution in [-0.2, 0) is 6.54 Å². The fraction of sp³-hybridized carbons (Fsp3) is 0.455. The van der Waals surface area contributed by atoms with Crippen LogP contribution in [0.2, 0.25) is 0 Å². The van der Waals surface area contributed by atoms with Crippen molar-refractivity contribution in [1.82, 2.24) is 39.6 Å². The topological polar surface area (TPSA) is 131 Å². The van der Waals surface area contributed by atoms with Gasteiger partial charge in [-0.2, -0.15) is 14.8 Å². The van der Waals surface area contributed by atoms with E-state index in [2.05, 4.69) is 37.4 Å². The zero-order valence-corrected chi connectivity index (χ0v) is 19.3. The molecule has 180 valence electrons. The van der Waals surface area contributed by atoms with Crippen molar-refractivity contribution in [3.63, 3.8) is 0 Å². The van der Waals surface area contributed by atoms with Gasteiger partial charge in [0.2, 0.25) is 5.82 Å². The second-order valence-corrected chi connectivity index (χ2v) is 8.11.